The Hall–Kier alpha value is -2.59. The van der Waals surface area contributed by atoms with Gasteiger partial charge in [-0.1, -0.05) is 63.7 Å². The third-order valence-electron chi connectivity index (χ3n) is 8.04. The van der Waals surface area contributed by atoms with Crippen LogP contribution in [0, 0.1) is 5.41 Å². The molecule has 2 aromatic carbocycles. The summed E-state index contributed by atoms with van der Waals surface area (Å²) in [6.45, 7) is 0. The quantitative estimate of drug-likeness (QED) is 0.184. The second kappa shape index (κ2) is 16.6. The Bertz CT molecular complexity index is 1520. The van der Waals surface area contributed by atoms with Gasteiger partial charge < -0.3 is 21.7 Å². The maximum absolute atomic E-state index is 14.4. The molecule has 6 N–H and O–H groups in total. The molecular formula is C30H28Br4F6N4O7. The standard InChI is InChI=1S/C26H26Br4N4O3.2C2HF3O2/c27-15-1-13(2-16(28)5-15)11-26(12-14-3-17(29)6-18(30)4-14)23(35)33(21-7-19(31)8-21)25(37)34(24(26)36)22-9-20(32)10-22;2*3-2(4,5)1(6)7/h1-6,19-22H,7-12,31-32H2;2*(H,6,7). The highest BCUT2D eigenvalue weighted by molar-refractivity contribution is 9.11. The molecule has 0 aromatic heterocycles. The molecule has 2 aliphatic carbocycles. The van der Waals surface area contributed by atoms with Crippen molar-refractivity contribution in [3.63, 3.8) is 0 Å². The van der Waals surface area contributed by atoms with Gasteiger partial charge in [0.15, 0.2) is 0 Å². The van der Waals surface area contributed by atoms with E-state index in [9.17, 15) is 40.7 Å². The Morgan fingerprint density at radius 2 is 0.902 bits per heavy atom. The van der Waals surface area contributed by atoms with E-state index >= 15 is 0 Å². The Kier molecular flexibility index (Phi) is 13.9. The maximum Gasteiger partial charge on any atom is 0.490 e. The number of imide groups is 2. The summed E-state index contributed by atoms with van der Waals surface area (Å²) >= 11 is 14.1. The van der Waals surface area contributed by atoms with Crippen LogP contribution in [0.25, 0.3) is 0 Å². The summed E-state index contributed by atoms with van der Waals surface area (Å²) in [6.07, 6.45) is -7.75. The van der Waals surface area contributed by atoms with Gasteiger partial charge in [0.25, 0.3) is 0 Å². The normalized spacial score (nSPS) is 22.9. The number of carboxylic acids is 2. The molecule has 51 heavy (non-hydrogen) atoms. The molecule has 5 rings (SSSR count). The smallest absolute Gasteiger partial charge is 0.475 e. The van der Waals surface area contributed by atoms with Crippen LogP contribution in [0.1, 0.15) is 36.8 Å². The van der Waals surface area contributed by atoms with Crippen molar-refractivity contribution in [3.8, 4) is 0 Å². The number of urea groups is 1. The van der Waals surface area contributed by atoms with Crippen LogP contribution >= 0.6 is 63.7 Å². The van der Waals surface area contributed by atoms with Gasteiger partial charge in [-0.15, -0.1) is 0 Å². The van der Waals surface area contributed by atoms with E-state index in [1.165, 1.54) is 9.80 Å². The van der Waals surface area contributed by atoms with Gasteiger partial charge in [0.05, 0.1) is 0 Å². The van der Waals surface area contributed by atoms with Gasteiger partial charge in [-0.05, 0) is 86.1 Å². The number of aliphatic carboxylic acids is 2. The third kappa shape index (κ3) is 10.7. The predicted octanol–water partition coefficient (Wildman–Crippen LogP) is 6.55. The molecule has 2 saturated carbocycles. The fraction of sp³-hybridized carbons (Fsp3) is 0.433. The van der Waals surface area contributed by atoms with Crippen LogP contribution in [0.4, 0.5) is 31.1 Å². The van der Waals surface area contributed by atoms with E-state index in [1.54, 1.807) is 0 Å². The van der Waals surface area contributed by atoms with E-state index in [1.807, 2.05) is 36.4 Å². The zero-order chi connectivity index (χ0) is 38.8. The number of rotatable bonds is 6. The summed E-state index contributed by atoms with van der Waals surface area (Å²) in [4.78, 5) is 63.1. The van der Waals surface area contributed by atoms with Gasteiger partial charge in [-0.3, -0.25) is 19.4 Å². The number of amides is 4. The maximum atomic E-state index is 14.4. The molecule has 1 saturated heterocycles. The van der Waals surface area contributed by atoms with Crippen LogP contribution in [-0.2, 0) is 32.0 Å². The highest BCUT2D eigenvalue weighted by atomic mass is 79.9. The molecule has 2 aromatic rings. The summed E-state index contributed by atoms with van der Waals surface area (Å²) < 4.78 is 66.8. The zero-order valence-electron chi connectivity index (χ0n) is 25.8. The Morgan fingerprint density at radius 1 is 0.647 bits per heavy atom. The van der Waals surface area contributed by atoms with Crippen LogP contribution in [0.2, 0.25) is 0 Å². The molecule has 1 aliphatic heterocycles. The first-order chi connectivity index (χ1) is 23.3. The molecule has 1 heterocycles. The summed E-state index contributed by atoms with van der Waals surface area (Å²) in [6, 6.07) is 10.1. The van der Waals surface area contributed by atoms with Crippen molar-refractivity contribution >= 4 is 93.5 Å². The van der Waals surface area contributed by atoms with Crippen LogP contribution in [0.5, 0.6) is 0 Å². The Balaban J connectivity index is 0.000000424. The van der Waals surface area contributed by atoms with Gasteiger partial charge in [-0.2, -0.15) is 26.3 Å². The average molecular weight is 990 g/mol. The summed E-state index contributed by atoms with van der Waals surface area (Å²) in [5, 5.41) is 14.2. The molecule has 280 valence electrons. The predicted molar refractivity (Wildman–Crippen MR) is 182 cm³/mol. The summed E-state index contributed by atoms with van der Waals surface area (Å²) in [5.41, 5.74) is 12.2. The lowest BCUT2D eigenvalue weighted by molar-refractivity contribution is -0.193. The number of carbonyl (C=O) groups excluding carboxylic acids is 3. The lowest BCUT2D eigenvalue weighted by atomic mass is 9.70. The molecule has 0 radical (unpaired) electrons. The minimum Gasteiger partial charge on any atom is -0.475 e. The summed E-state index contributed by atoms with van der Waals surface area (Å²) in [5.74, 6) is -6.42. The summed E-state index contributed by atoms with van der Waals surface area (Å²) in [7, 11) is 0. The Morgan fingerprint density at radius 3 is 1.12 bits per heavy atom. The van der Waals surface area contributed by atoms with E-state index in [4.69, 9.17) is 31.3 Å². The number of carboxylic acid groups (broad SMARTS) is 2. The molecule has 4 amide bonds. The minimum absolute atomic E-state index is 0.0646. The van der Waals surface area contributed by atoms with E-state index < -0.39 is 47.6 Å². The molecule has 0 spiro atoms. The van der Waals surface area contributed by atoms with Crippen molar-refractivity contribution in [1.82, 2.24) is 9.80 Å². The molecule has 3 fully saturated rings. The first-order valence-corrected chi connectivity index (χ1v) is 17.8. The van der Waals surface area contributed by atoms with Crippen LogP contribution in [0.15, 0.2) is 54.3 Å². The molecule has 0 atom stereocenters. The van der Waals surface area contributed by atoms with Crippen molar-refractivity contribution in [2.45, 2.75) is 75.0 Å². The molecule has 11 nitrogen and oxygen atoms in total. The van der Waals surface area contributed by atoms with Crippen molar-refractivity contribution in [3.05, 3.63) is 65.4 Å². The lowest BCUT2D eigenvalue weighted by Crippen LogP contribution is -2.73. The number of barbiturate groups is 1. The van der Waals surface area contributed by atoms with Crippen molar-refractivity contribution in [2.24, 2.45) is 16.9 Å². The second-order valence-corrected chi connectivity index (χ2v) is 15.7. The first kappa shape index (κ1) is 42.8. The molecule has 0 unspecified atom stereocenters. The topological polar surface area (TPSA) is 184 Å². The first-order valence-electron chi connectivity index (χ1n) is 14.6. The van der Waals surface area contributed by atoms with Gasteiger partial charge in [-0.25, -0.2) is 14.4 Å². The highest BCUT2D eigenvalue weighted by Crippen LogP contribution is 2.44. The van der Waals surface area contributed by atoms with Gasteiger partial charge in [0.1, 0.15) is 5.41 Å². The number of halogens is 10. The number of hydrogen-bond acceptors (Lipinski definition) is 7. The van der Waals surface area contributed by atoms with Crippen molar-refractivity contribution < 1.29 is 60.5 Å². The number of alkyl halides is 6. The van der Waals surface area contributed by atoms with Crippen LogP contribution in [-0.4, -0.2) is 86.3 Å². The minimum atomic E-state index is -5.08. The zero-order valence-corrected chi connectivity index (χ0v) is 32.1. The van der Waals surface area contributed by atoms with Gasteiger partial charge in [0.2, 0.25) is 11.8 Å². The van der Waals surface area contributed by atoms with Gasteiger partial charge >= 0.3 is 30.3 Å². The van der Waals surface area contributed by atoms with Gasteiger partial charge in [0, 0.05) is 42.1 Å². The molecule has 3 aliphatic rings. The van der Waals surface area contributed by atoms with Crippen LogP contribution < -0.4 is 11.5 Å². The van der Waals surface area contributed by atoms with E-state index in [2.05, 4.69) is 63.7 Å². The van der Waals surface area contributed by atoms with Crippen molar-refractivity contribution in [1.29, 1.82) is 0 Å². The number of nitrogens with zero attached hydrogens (tertiary/aromatic N) is 2. The third-order valence-corrected chi connectivity index (χ3v) is 9.87. The Labute approximate surface area is 319 Å². The number of nitrogens with two attached hydrogens (primary N) is 2. The fourth-order valence-corrected chi connectivity index (χ4v) is 8.43. The SMILES string of the molecule is NC1CC(N2C(=O)N(C3CC(N)C3)C(=O)C(Cc3cc(Br)cc(Br)c3)(Cc3cc(Br)cc(Br)c3)C2=O)C1.O=C(O)C(F)(F)F.O=C(O)C(F)(F)F. The molecule has 21 heteroatoms. The van der Waals surface area contributed by atoms with Crippen molar-refractivity contribution in [2.75, 3.05) is 0 Å². The number of benzene rings is 2. The largest absolute Gasteiger partial charge is 0.490 e. The highest BCUT2D eigenvalue weighted by Gasteiger charge is 2.61. The lowest BCUT2D eigenvalue weighted by Gasteiger charge is -2.53. The number of hydrogen-bond donors (Lipinski definition) is 4. The van der Waals surface area contributed by atoms with E-state index in [-0.39, 0.29) is 37.0 Å². The van der Waals surface area contributed by atoms with E-state index in [0.717, 1.165) is 29.0 Å². The molecule has 0 bridgehead atoms. The molecular weight excluding hydrogens is 962 g/mol. The average Bonchev–Trinajstić information content (AvgIpc) is 2.93. The second-order valence-electron chi connectivity index (χ2n) is 12.0. The number of carbonyl (C=O) groups is 5. The monoisotopic (exact) mass is 986 g/mol. The van der Waals surface area contributed by atoms with Crippen LogP contribution in [0.3, 0.4) is 0 Å². The van der Waals surface area contributed by atoms with E-state index in [0.29, 0.717) is 25.7 Å². The fourth-order valence-electron chi connectivity index (χ4n) is 5.66.